The highest BCUT2D eigenvalue weighted by molar-refractivity contribution is 4.75. The van der Waals surface area contributed by atoms with Gasteiger partial charge < -0.3 is 14.8 Å². The van der Waals surface area contributed by atoms with Crippen molar-refractivity contribution in [2.45, 2.75) is 25.8 Å². The predicted molar refractivity (Wildman–Crippen MR) is 62.0 cm³/mol. The van der Waals surface area contributed by atoms with Gasteiger partial charge in [0.1, 0.15) is 0 Å². The summed E-state index contributed by atoms with van der Waals surface area (Å²) in [6.07, 6.45) is 4.00. The zero-order valence-corrected chi connectivity index (χ0v) is 9.71. The largest absolute Gasteiger partial charge is 0.381 e. The highest BCUT2D eigenvalue weighted by atomic mass is 16.5. The molecule has 0 saturated carbocycles. The summed E-state index contributed by atoms with van der Waals surface area (Å²) >= 11 is 0. The van der Waals surface area contributed by atoms with E-state index in [2.05, 4.69) is 18.8 Å². The van der Waals surface area contributed by atoms with Crippen LogP contribution < -0.4 is 5.32 Å². The second-order valence-electron chi connectivity index (χ2n) is 4.06. The first kappa shape index (κ1) is 12.7. The van der Waals surface area contributed by atoms with Crippen molar-refractivity contribution in [3.8, 4) is 0 Å². The first-order valence-electron chi connectivity index (χ1n) is 5.84. The average Bonchev–Trinajstić information content (AvgIpc) is 2.76. The standard InChI is InChI=1S/C12H23NO2/c1-3-4-7-14-9-6-13-11(2)12-5-8-15-10-12/h3,11-13H,1,4-10H2,2H3. The van der Waals surface area contributed by atoms with Crippen LogP contribution in [0.1, 0.15) is 19.8 Å². The lowest BCUT2D eigenvalue weighted by atomic mass is 10.0. The molecule has 1 fully saturated rings. The van der Waals surface area contributed by atoms with Crippen molar-refractivity contribution in [2.75, 3.05) is 33.0 Å². The van der Waals surface area contributed by atoms with E-state index in [9.17, 15) is 0 Å². The molecule has 2 atom stereocenters. The van der Waals surface area contributed by atoms with Gasteiger partial charge in [0.2, 0.25) is 0 Å². The van der Waals surface area contributed by atoms with Crippen molar-refractivity contribution in [3.05, 3.63) is 12.7 Å². The third-order valence-electron chi connectivity index (χ3n) is 2.85. The molecule has 0 aliphatic carbocycles. The Morgan fingerprint density at radius 2 is 2.47 bits per heavy atom. The average molecular weight is 213 g/mol. The molecule has 0 bridgehead atoms. The SMILES string of the molecule is C=CCCOCCNC(C)C1CCOC1. The third-order valence-corrected chi connectivity index (χ3v) is 2.85. The fourth-order valence-electron chi connectivity index (χ4n) is 1.74. The van der Waals surface area contributed by atoms with Gasteiger partial charge in [0.05, 0.1) is 19.8 Å². The summed E-state index contributed by atoms with van der Waals surface area (Å²) in [5, 5.41) is 3.47. The number of hydrogen-bond donors (Lipinski definition) is 1. The molecule has 1 aliphatic heterocycles. The van der Waals surface area contributed by atoms with Crippen LogP contribution in [0.25, 0.3) is 0 Å². The Hall–Kier alpha value is -0.380. The summed E-state index contributed by atoms with van der Waals surface area (Å²) in [6, 6.07) is 0.538. The van der Waals surface area contributed by atoms with Crippen LogP contribution in [-0.2, 0) is 9.47 Å². The Labute approximate surface area is 92.8 Å². The van der Waals surface area contributed by atoms with Gasteiger partial charge in [0.15, 0.2) is 0 Å². The van der Waals surface area contributed by atoms with Crippen molar-refractivity contribution in [1.29, 1.82) is 0 Å². The summed E-state index contributed by atoms with van der Waals surface area (Å²) in [5.74, 6) is 0.679. The predicted octanol–water partition coefficient (Wildman–Crippen LogP) is 1.59. The fraction of sp³-hybridized carbons (Fsp3) is 0.833. The molecule has 3 heteroatoms. The van der Waals surface area contributed by atoms with E-state index in [1.54, 1.807) is 0 Å². The van der Waals surface area contributed by atoms with Gasteiger partial charge in [-0.25, -0.2) is 0 Å². The first-order valence-corrected chi connectivity index (χ1v) is 5.84. The molecular formula is C12H23NO2. The third kappa shape index (κ3) is 5.30. The Morgan fingerprint density at radius 1 is 1.60 bits per heavy atom. The molecule has 1 N–H and O–H groups in total. The topological polar surface area (TPSA) is 30.5 Å². The number of rotatable bonds is 8. The molecule has 2 unspecified atom stereocenters. The van der Waals surface area contributed by atoms with Crippen molar-refractivity contribution in [2.24, 2.45) is 5.92 Å². The monoisotopic (exact) mass is 213 g/mol. The zero-order chi connectivity index (χ0) is 10.9. The maximum absolute atomic E-state index is 5.42. The molecule has 0 amide bonds. The summed E-state index contributed by atoms with van der Waals surface area (Å²) in [5.41, 5.74) is 0. The molecule has 0 aromatic heterocycles. The van der Waals surface area contributed by atoms with Gasteiger partial charge in [-0.1, -0.05) is 6.08 Å². The molecule has 3 nitrogen and oxygen atoms in total. The van der Waals surface area contributed by atoms with E-state index in [1.807, 2.05) is 6.08 Å². The Kier molecular flexibility index (Phi) is 6.64. The molecule has 1 heterocycles. The Balaban J connectivity index is 1.92. The quantitative estimate of drug-likeness (QED) is 0.490. The minimum atomic E-state index is 0.538. The lowest BCUT2D eigenvalue weighted by Crippen LogP contribution is -2.36. The van der Waals surface area contributed by atoms with Gasteiger partial charge in [-0.3, -0.25) is 0 Å². The molecule has 1 saturated heterocycles. The highest BCUT2D eigenvalue weighted by Gasteiger charge is 2.21. The van der Waals surface area contributed by atoms with Gasteiger partial charge >= 0.3 is 0 Å². The van der Waals surface area contributed by atoms with Crippen molar-refractivity contribution < 1.29 is 9.47 Å². The molecule has 0 radical (unpaired) electrons. The van der Waals surface area contributed by atoms with Crippen LogP contribution in [-0.4, -0.2) is 39.0 Å². The summed E-state index contributed by atoms with van der Waals surface area (Å²) in [6.45, 7) is 10.2. The van der Waals surface area contributed by atoms with Gasteiger partial charge in [0, 0.05) is 19.2 Å². The van der Waals surface area contributed by atoms with Gasteiger partial charge in [-0.05, 0) is 25.7 Å². The molecule has 1 rings (SSSR count). The summed E-state index contributed by atoms with van der Waals surface area (Å²) in [7, 11) is 0. The normalized spacial score (nSPS) is 22.9. The second kappa shape index (κ2) is 7.85. The molecule has 88 valence electrons. The lowest BCUT2D eigenvalue weighted by molar-refractivity contribution is 0.134. The molecule has 0 aromatic carbocycles. The van der Waals surface area contributed by atoms with Crippen LogP contribution in [0.15, 0.2) is 12.7 Å². The molecule has 1 aliphatic rings. The maximum Gasteiger partial charge on any atom is 0.0591 e. The zero-order valence-electron chi connectivity index (χ0n) is 9.71. The van der Waals surface area contributed by atoms with Gasteiger partial charge in [-0.2, -0.15) is 0 Å². The fourth-order valence-corrected chi connectivity index (χ4v) is 1.74. The van der Waals surface area contributed by atoms with Crippen LogP contribution >= 0.6 is 0 Å². The van der Waals surface area contributed by atoms with E-state index in [0.717, 1.165) is 39.4 Å². The van der Waals surface area contributed by atoms with Gasteiger partial charge in [0.25, 0.3) is 0 Å². The molecule has 0 spiro atoms. The lowest BCUT2D eigenvalue weighted by Gasteiger charge is -2.19. The van der Waals surface area contributed by atoms with Crippen LogP contribution in [0.4, 0.5) is 0 Å². The molecular weight excluding hydrogens is 190 g/mol. The smallest absolute Gasteiger partial charge is 0.0591 e. The Morgan fingerprint density at radius 3 is 3.13 bits per heavy atom. The highest BCUT2D eigenvalue weighted by Crippen LogP contribution is 2.15. The van der Waals surface area contributed by atoms with Gasteiger partial charge in [-0.15, -0.1) is 6.58 Å². The Bertz CT molecular complexity index is 167. The van der Waals surface area contributed by atoms with E-state index >= 15 is 0 Å². The van der Waals surface area contributed by atoms with Crippen LogP contribution in [0.2, 0.25) is 0 Å². The van der Waals surface area contributed by atoms with E-state index < -0.39 is 0 Å². The van der Waals surface area contributed by atoms with E-state index in [1.165, 1.54) is 6.42 Å². The van der Waals surface area contributed by atoms with Crippen molar-refractivity contribution in [3.63, 3.8) is 0 Å². The summed E-state index contributed by atoms with van der Waals surface area (Å²) in [4.78, 5) is 0. The first-order chi connectivity index (χ1) is 7.34. The minimum Gasteiger partial charge on any atom is -0.381 e. The number of nitrogens with one attached hydrogen (secondary N) is 1. The summed E-state index contributed by atoms with van der Waals surface area (Å²) < 4.78 is 10.8. The van der Waals surface area contributed by atoms with Crippen LogP contribution in [0.3, 0.4) is 0 Å². The molecule has 0 aromatic rings. The van der Waals surface area contributed by atoms with Crippen molar-refractivity contribution >= 4 is 0 Å². The second-order valence-corrected chi connectivity index (χ2v) is 4.06. The van der Waals surface area contributed by atoms with Crippen LogP contribution in [0, 0.1) is 5.92 Å². The van der Waals surface area contributed by atoms with E-state index in [-0.39, 0.29) is 0 Å². The number of ether oxygens (including phenoxy) is 2. The van der Waals surface area contributed by atoms with E-state index in [4.69, 9.17) is 9.47 Å². The van der Waals surface area contributed by atoms with E-state index in [0.29, 0.717) is 12.0 Å². The van der Waals surface area contributed by atoms with Crippen LogP contribution in [0.5, 0.6) is 0 Å². The van der Waals surface area contributed by atoms with Crippen molar-refractivity contribution in [1.82, 2.24) is 5.32 Å². The maximum atomic E-state index is 5.42. The number of hydrogen-bond acceptors (Lipinski definition) is 3. The minimum absolute atomic E-state index is 0.538. The molecule has 15 heavy (non-hydrogen) atoms.